The SMILES string of the molecule is Cc1cc(S(N)(=O)=O)c(Cl)cc1N1CCOC(c2cnn(C)c2)C1. The lowest BCUT2D eigenvalue weighted by Crippen LogP contribution is -2.38. The summed E-state index contributed by atoms with van der Waals surface area (Å²) in [5, 5.41) is 9.50. The molecule has 7 nitrogen and oxygen atoms in total. The lowest BCUT2D eigenvalue weighted by molar-refractivity contribution is 0.0397. The van der Waals surface area contributed by atoms with Gasteiger partial charge in [0, 0.05) is 37.6 Å². The zero-order chi connectivity index (χ0) is 17.5. The summed E-state index contributed by atoms with van der Waals surface area (Å²) in [5.74, 6) is 0. The van der Waals surface area contributed by atoms with E-state index in [4.69, 9.17) is 21.5 Å². The van der Waals surface area contributed by atoms with Crippen molar-refractivity contribution in [3.63, 3.8) is 0 Å². The zero-order valence-corrected chi connectivity index (χ0v) is 15.0. The van der Waals surface area contributed by atoms with E-state index in [-0.39, 0.29) is 16.0 Å². The molecule has 2 aromatic rings. The minimum Gasteiger partial charge on any atom is -0.370 e. The number of benzene rings is 1. The fraction of sp³-hybridized carbons (Fsp3) is 0.400. The minimum atomic E-state index is -3.84. The van der Waals surface area contributed by atoms with Crippen molar-refractivity contribution in [2.45, 2.75) is 17.9 Å². The summed E-state index contributed by atoms with van der Waals surface area (Å²) in [6.07, 6.45) is 3.62. The molecule has 24 heavy (non-hydrogen) atoms. The second kappa shape index (κ2) is 6.36. The molecule has 0 radical (unpaired) electrons. The molecule has 0 amide bonds. The van der Waals surface area contributed by atoms with Gasteiger partial charge >= 0.3 is 0 Å². The smallest absolute Gasteiger partial charge is 0.239 e. The lowest BCUT2D eigenvalue weighted by atomic mass is 10.1. The highest BCUT2D eigenvalue weighted by atomic mass is 35.5. The van der Waals surface area contributed by atoms with Gasteiger partial charge in [0.25, 0.3) is 0 Å². The molecule has 1 aliphatic rings. The van der Waals surface area contributed by atoms with Crippen LogP contribution in [0.25, 0.3) is 0 Å². The van der Waals surface area contributed by atoms with Crippen LogP contribution in [0.4, 0.5) is 5.69 Å². The molecule has 9 heteroatoms. The topological polar surface area (TPSA) is 90.5 Å². The third kappa shape index (κ3) is 3.41. The maximum Gasteiger partial charge on any atom is 0.239 e. The number of hydrogen-bond donors (Lipinski definition) is 1. The maximum atomic E-state index is 11.6. The number of morpholine rings is 1. The summed E-state index contributed by atoms with van der Waals surface area (Å²) in [6.45, 7) is 3.74. The van der Waals surface area contributed by atoms with Crippen LogP contribution in [0.3, 0.4) is 0 Å². The molecule has 2 heterocycles. The quantitative estimate of drug-likeness (QED) is 0.886. The molecular weight excluding hydrogens is 352 g/mol. The van der Waals surface area contributed by atoms with Gasteiger partial charge < -0.3 is 9.64 Å². The van der Waals surface area contributed by atoms with Crippen molar-refractivity contribution in [3.8, 4) is 0 Å². The van der Waals surface area contributed by atoms with Crippen LogP contribution < -0.4 is 10.0 Å². The first kappa shape index (κ1) is 17.2. The number of aromatic nitrogens is 2. The minimum absolute atomic E-state index is 0.0533. The second-order valence-electron chi connectivity index (χ2n) is 5.87. The highest BCUT2D eigenvalue weighted by molar-refractivity contribution is 7.89. The Morgan fingerprint density at radius 1 is 1.42 bits per heavy atom. The predicted molar refractivity (Wildman–Crippen MR) is 91.7 cm³/mol. The molecule has 3 rings (SSSR count). The molecule has 1 fully saturated rings. The summed E-state index contributed by atoms with van der Waals surface area (Å²) in [6, 6.07) is 3.17. The van der Waals surface area contributed by atoms with E-state index < -0.39 is 10.0 Å². The van der Waals surface area contributed by atoms with Gasteiger partial charge in [-0.15, -0.1) is 0 Å². The zero-order valence-electron chi connectivity index (χ0n) is 13.4. The number of nitrogens with two attached hydrogens (primary N) is 1. The van der Waals surface area contributed by atoms with Gasteiger partial charge in [0.05, 0.1) is 17.8 Å². The van der Waals surface area contributed by atoms with Gasteiger partial charge in [-0.2, -0.15) is 5.10 Å². The van der Waals surface area contributed by atoms with Crippen molar-refractivity contribution in [2.24, 2.45) is 12.2 Å². The molecular formula is C15H19ClN4O3S. The van der Waals surface area contributed by atoms with E-state index in [1.807, 2.05) is 20.2 Å². The third-order valence-electron chi connectivity index (χ3n) is 4.06. The van der Waals surface area contributed by atoms with E-state index in [1.165, 1.54) is 6.07 Å². The number of anilines is 1. The number of primary sulfonamides is 1. The Morgan fingerprint density at radius 3 is 2.79 bits per heavy atom. The Labute approximate surface area is 146 Å². The number of nitrogens with zero attached hydrogens (tertiary/aromatic N) is 3. The number of hydrogen-bond acceptors (Lipinski definition) is 5. The van der Waals surface area contributed by atoms with Crippen molar-refractivity contribution >= 4 is 27.3 Å². The van der Waals surface area contributed by atoms with Gasteiger partial charge in [-0.3, -0.25) is 4.68 Å². The van der Waals surface area contributed by atoms with Gasteiger partial charge in [-0.25, -0.2) is 13.6 Å². The highest BCUT2D eigenvalue weighted by Crippen LogP contribution is 2.33. The first-order valence-electron chi connectivity index (χ1n) is 7.44. The van der Waals surface area contributed by atoms with Crippen LogP contribution in [-0.2, 0) is 21.8 Å². The average Bonchev–Trinajstić information content (AvgIpc) is 2.95. The largest absolute Gasteiger partial charge is 0.370 e. The number of rotatable bonds is 3. The van der Waals surface area contributed by atoms with Crippen LogP contribution in [0, 0.1) is 6.92 Å². The van der Waals surface area contributed by atoms with Gasteiger partial charge in [0.2, 0.25) is 10.0 Å². The molecule has 1 atom stereocenters. The first-order chi connectivity index (χ1) is 11.3. The molecule has 0 saturated carbocycles. The van der Waals surface area contributed by atoms with E-state index in [0.717, 1.165) is 16.8 Å². The van der Waals surface area contributed by atoms with Crippen LogP contribution in [0.5, 0.6) is 0 Å². The Balaban J connectivity index is 1.90. The van der Waals surface area contributed by atoms with Crippen LogP contribution in [0.15, 0.2) is 29.4 Å². The summed E-state index contributed by atoms with van der Waals surface area (Å²) in [7, 11) is -1.98. The van der Waals surface area contributed by atoms with Gasteiger partial charge in [0.1, 0.15) is 11.0 Å². The molecule has 0 spiro atoms. The van der Waals surface area contributed by atoms with E-state index in [0.29, 0.717) is 19.7 Å². The van der Waals surface area contributed by atoms with Crippen molar-refractivity contribution < 1.29 is 13.2 Å². The average molecular weight is 371 g/mol. The Hall–Kier alpha value is -1.61. The van der Waals surface area contributed by atoms with E-state index in [1.54, 1.807) is 16.9 Å². The molecule has 130 valence electrons. The fourth-order valence-corrected chi connectivity index (χ4v) is 4.03. The fourth-order valence-electron chi connectivity index (χ4n) is 2.88. The van der Waals surface area contributed by atoms with Crippen molar-refractivity contribution in [1.82, 2.24) is 9.78 Å². The van der Waals surface area contributed by atoms with Gasteiger partial charge in [-0.1, -0.05) is 11.6 Å². The Morgan fingerprint density at radius 2 is 2.17 bits per heavy atom. The molecule has 0 bridgehead atoms. The number of ether oxygens (including phenoxy) is 1. The van der Waals surface area contributed by atoms with E-state index >= 15 is 0 Å². The van der Waals surface area contributed by atoms with Crippen LogP contribution >= 0.6 is 11.6 Å². The van der Waals surface area contributed by atoms with Crippen molar-refractivity contribution in [2.75, 3.05) is 24.6 Å². The Bertz CT molecular complexity index is 866. The second-order valence-corrected chi connectivity index (χ2v) is 7.80. The summed E-state index contributed by atoms with van der Waals surface area (Å²) < 4.78 is 30.7. The highest BCUT2D eigenvalue weighted by Gasteiger charge is 2.25. The molecule has 1 aromatic heterocycles. The van der Waals surface area contributed by atoms with Gasteiger partial charge in [-0.05, 0) is 24.6 Å². The molecule has 1 aromatic carbocycles. The predicted octanol–water partition coefficient (Wildman–Crippen LogP) is 1.61. The summed E-state index contributed by atoms with van der Waals surface area (Å²) in [4.78, 5) is 2.08. The third-order valence-corrected chi connectivity index (χ3v) is 5.44. The Kier molecular flexibility index (Phi) is 4.56. The normalized spacial score (nSPS) is 18.8. The summed E-state index contributed by atoms with van der Waals surface area (Å²) >= 11 is 6.13. The van der Waals surface area contributed by atoms with Crippen LogP contribution in [-0.4, -0.2) is 37.9 Å². The van der Waals surface area contributed by atoms with E-state index in [2.05, 4.69) is 10.00 Å². The number of aryl methyl sites for hydroxylation is 2. The molecule has 2 N–H and O–H groups in total. The molecule has 1 saturated heterocycles. The van der Waals surface area contributed by atoms with E-state index in [9.17, 15) is 8.42 Å². The standard InChI is InChI=1S/C15H19ClN4O3S/c1-10-5-15(24(17,21)22)12(16)6-13(10)20-3-4-23-14(9-20)11-7-18-19(2)8-11/h5-8,14H,3-4,9H2,1-2H3,(H2,17,21,22). The molecule has 0 aliphatic carbocycles. The number of halogens is 1. The van der Waals surface area contributed by atoms with Crippen LogP contribution in [0.1, 0.15) is 17.2 Å². The monoisotopic (exact) mass is 370 g/mol. The maximum absolute atomic E-state index is 11.6. The first-order valence-corrected chi connectivity index (χ1v) is 9.36. The summed E-state index contributed by atoms with van der Waals surface area (Å²) in [5.41, 5.74) is 2.69. The molecule has 1 aliphatic heterocycles. The van der Waals surface area contributed by atoms with Crippen molar-refractivity contribution in [1.29, 1.82) is 0 Å². The number of sulfonamides is 1. The van der Waals surface area contributed by atoms with Crippen LogP contribution in [0.2, 0.25) is 5.02 Å². The molecule has 1 unspecified atom stereocenters. The van der Waals surface area contributed by atoms with Gasteiger partial charge in [0.15, 0.2) is 0 Å². The van der Waals surface area contributed by atoms with Crippen molar-refractivity contribution in [3.05, 3.63) is 40.7 Å². The lowest BCUT2D eigenvalue weighted by Gasteiger charge is -2.35.